The number of rotatable bonds is 4. The summed E-state index contributed by atoms with van der Waals surface area (Å²) in [7, 11) is 1.70. The molecule has 0 saturated heterocycles. The van der Waals surface area contributed by atoms with Crippen LogP contribution in [0.2, 0.25) is 0 Å². The van der Waals surface area contributed by atoms with Gasteiger partial charge in [0.2, 0.25) is 0 Å². The van der Waals surface area contributed by atoms with E-state index in [1.54, 1.807) is 13.1 Å². The second-order valence-electron chi connectivity index (χ2n) is 4.92. The molecule has 0 aliphatic rings. The zero-order valence-electron chi connectivity index (χ0n) is 12.9. The van der Waals surface area contributed by atoms with Crippen LogP contribution in [0.5, 0.6) is 0 Å². The van der Waals surface area contributed by atoms with E-state index in [1.165, 1.54) is 11.1 Å². The van der Waals surface area contributed by atoms with E-state index in [4.69, 9.17) is 12.2 Å². The summed E-state index contributed by atoms with van der Waals surface area (Å²) in [4.78, 5) is 11.9. The van der Waals surface area contributed by atoms with Crippen molar-refractivity contribution >= 4 is 29.3 Å². The minimum atomic E-state index is -0.236. The Kier molecular flexibility index (Phi) is 6.32. The maximum Gasteiger partial charge on any atom is 0.262 e. The molecule has 118 valence electrons. The molecule has 0 aromatic heterocycles. The molecule has 2 aromatic carbocycles. The van der Waals surface area contributed by atoms with Gasteiger partial charge in [0.15, 0.2) is 5.11 Å². The fourth-order valence-electron chi connectivity index (χ4n) is 1.88. The number of hydrazine groups is 1. The predicted molar refractivity (Wildman–Crippen MR) is 97.3 cm³/mol. The molecule has 2 rings (SSSR count). The van der Waals surface area contributed by atoms with E-state index >= 15 is 0 Å². The largest absolute Gasteiger partial charge is 0.357 e. The monoisotopic (exact) mass is 325 g/mol. The van der Waals surface area contributed by atoms with Crippen LogP contribution in [0.15, 0.2) is 66.7 Å². The van der Waals surface area contributed by atoms with E-state index in [1.807, 2.05) is 60.7 Å². The average Bonchev–Trinajstić information content (AvgIpc) is 2.59. The van der Waals surface area contributed by atoms with E-state index < -0.39 is 0 Å². The van der Waals surface area contributed by atoms with Crippen LogP contribution in [0.25, 0.3) is 6.08 Å². The van der Waals surface area contributed by atoms with Crippen molar-refractivity contribution in [3.05, 3.63) is 77.9 Å². The molecule has 0 spiro atoms. The van der Waals surface area contributed by atoms with Crippen LogP contribution in [-0.2, 0) is 11.3 Å². The number of hydrogen-bond acceptors (Lipinski definition) is 2. The van der Waals surface area contributed by atoms with Crippen molar-refractivity contribution < 1.29 is 4.79 Å². The van der Waals surface area contributed by atoms with Gasteiger partial charge in [0.05, 0.1) is 0 Å². The molecule has 23 heavy (non-hydrogen) atoms. The molecule has 0 aliphatic carbocycles. The van der Waals surface area contributed by atoms with Crippen LogP contribution in [-0.4, -0.2) is 23.1 Å². The summed E-state index contributed by atoms with van der Waals surface area (Å²) in [5.41, 5.74) is 4.78. The Balaban J connectivity index is 1.78. The Morgan fingerprint density at radius 1 is 1.09 bits per heavy atom. The summed E-state index contributed by atoms with van der Waals surface area (Å²) in [5, 5.41) is 5.05. The molecule has 1 amide bonds. The number of hydrogen-bond donors (Lipinski definition) is 2. The number of amides is 1. The summed E-state index contributed by atoms with van der Waals surface area (Å²) < 4.78 is 0. The van der Waals surface area contributed by atoms with Crippen molar-refractivity contribution in [2.75, 3.05) is 7.05 Å². The Hall–Kier alpha value is -2.66. The molecule has 5 heteroatoms. The minimum absolute atomic E-state index is 0.236. The number of carbonyl (C=O) groups is 1. The molecule has 2 N–H and O–H groups in total. The fraction of sp³-hybridized carbons (Fsp3) is 0.111. The van der Waals surface area contributed by atoms with Crippen LogP contribution in [0, 0.1) is 0 Å². The second kappa shape index (κ2) is 8.70. The van der Waals surface area contributed by atoms with Crippen LogP contribution >= 0.6 is 12.2 Å². The van der Waals surface area contributed by atoms with Gasteiger partial charge >= 0.3 is 0 Å². The first kappa shape index (κ1) is 16.7. The lowest BCUT2D eigenvalue weighted by Gasteiger charge is -2.21. The molecule has 0 saturated carbocycles. The van der Waals surface area contributed by atoms with Crippen LogP contribution < -0.4 is 10.7 Å². The third-order valence-electron chi connectivity index (χ3n) is 3.10. The van der Waals surface area contributed by atoms with Gasteiger partial charge in [-0.1, -0.05) is 60.7 Å². The molecule has 0 heterocycles. The average molecular weight is 325 g/mol. The molecule has 0 fully saturated rings. The lowest BCUT2D eigenvalue weighted by atomic mass is 10.2. The molecule has 4 nitrogen and oxygen atoms in total. The summed E-state index contributed by atoms with van der Waals surface area (Å²) in [6.07, 6.45) is 3.23. The minimum Gasteiger partial charge on any atom is -0.357 e. The van der Waals surface area contributed by atoms with Gasteiger partial charge < -0.3 is 5.32 Å². The van der Waals surface area contributed by atoms with Gasteiger partial charge in [-0.3, -0.25) is 15.2 Å². The van der Waals surface area contributed by atoms with Crippen molar-refractivity contribution in [3.8, 4) is 0 Å². The molecule has 0 unspecified atom stereocenters. The maximum atomic E-state index is 11.9. The normalized spacial score (nSPS) is 10.3. The molecule has 0 aliphatic heterocycles. The zero-order chi connectivity index (χ0) is 16.5. The first-order valence-electron chi connectivity index (χ1n) is 7.24. The van der Waals surface area contributed by atoms with Gasteiger partial charge in [-0.25, -0.2) is 0 Å². The summed E-state index contributed by atoms with van der Waals surface area (Å²) >= 11 is 5.25. The Morgan fingerprint density at radius 3 is 2.35 bits per heavy atom. The molecule has 0 bridgehead atoms. The number of carbonyl (C=O) groups excluding carboxylic acids is 1. The van der Waals surface area contributed by atoms with E-state index in [-0.39, 0.29) is 5.91 Å². The zero-order valence-corrected chi connectivity index (χ0v) is 13.7. The molecular formula is C18H19N3OS. The quantitative estimate of drug-likeness (QED) is 0.515. The third-order valence-corrected chi connectivity index (χ3v) is 3.51. The topological polar surface area (TPSA) is 44.4 Å². The molecule has 0 radical (unpaired) electrons. The maximum absolute atomic E-state index is 11.9. The van der Waals surface area contributed by atoms with Crippen molar-refractivity contribution in [2.45, 2.75) is 6.54 Å². The van der Waals surface area contributed by atoms with Crippen molar-refractivity contribution in [1.29, 1.82) is 0 Å². The van der Waals surface area contributed by atoms with Gasteiger partial charge in [-0.05, 0) is 29.4 Å². The number of nitrogens with one attached hydrogen (secondary N) is 2. The Labute approximate surface area is 141 Å². The van der Waals surface area contributed by atoms with Gasteiger partial charge in [0.1, 0.15) is 0 Å². The molecule has 0 atom stereocenters. The Morgan fingerprint density at radius 2 is 1.70 bits per heavy atom. The number of thiocarbonyl (C=S) groups is 1. The van der Waals surface area contributed by atoms with Gasteiger partial charge in [-0.2, -0.15) is 0 Å². The van der Waals surface area contributed by atoms with Crippen molar-refractivity contribution in [3.63, 3.8) is 0 Å². The van der Waals surface area contributed by atoms with E-state index in [9.17, 15) is 4.79 Å². The highest BCUT2D eigenvalue weighted by Crippen LogP contribution is 2.00. The summed E-state index contributed by atoms with van der Waals surface area (Å²) in [5.74, 6) is -0.236. The summed E-state index contributed by atoms with van der Waals surface area (Å²) in [6.45, 7) is 0.611. The number of benzene rings is 2. The lowest BCUT2D eigenvalue weighted by molar-refractivity contribution is -0.119. The SMILES string of the molecule is CN(NC(=O)/C=C/c1ccccc1)C(=S)NCc1ccccc1. The van der Waals surface area contributed by atoms with Gasteiger partial charge in [0.25, 0.3) is 5.91 Å². The first-order valence-corrected chi connectivity index (χ1v) is 7.65. The van der Waals surface area contributed by atoms with Crippen LogP contribution in [0.1, 0.15) is 11.1 Å². The third kappa shape index (κ3) is 5.92. The fourth-order valence-corrected chi connectivity index (χ4v) is 2.00. The molecule has 2 aromatic rings. The smallest absolute Gasteiger partial charge is 0.262 e. The highest BCUT2D eigenvalue weighted by molar-refractivity contribution is 7.80. The van der Waals surface area contributed by atoms with Crippen LogP contribution in [0.4, 0.5) is 0 Å². The lowest BCUT2D eigenvalue weighted by Crippen LogP contribution is -2.47. The van der Waals surface area contributed by atoms with Crippen molar-refractivity contribution in [2.24, 2.45) is 0 Å². The summed E-state index contributed by atoms with van der Waals surface area (Å²) in [6, 6.07) is 19.6. The van der Waals surface area contributed by atoms with Gasteiger partial charge in [-0.15, -0.1) is 0 Å². The van der Waals surface area contributed by atoms with E-state index in [2.05, 4.69) is 10.7 Å². The van der Waals surface area contributed by atoms with Crippen molar-refractivity contribution in [1.82, 2.24) is 15.8 Å². The van der Waals surface area contributed by atoms with Crippen LogP contribution in [0.3, 0.4) is 0 Å². The van der Waals surface area contributed by atoms with E-state index in [0.29, 0.717) is 11.7 Å². The highest BCUT2D eigenvalue weighted by Gasteiger charge is 2.05. The highest BCUT2D eigenvalue weighted by atomic mass is 32.1. The standard InChI is InChI=1S/C18H19N3OS/c1-21(18(23)19-14-16-10-6-3-7-11-16)20-17(22)13-12-15-8-4-2-5-9-15/h2-13H,14H2,1H3,(H,19,23)(H,20,22)/b13-12+. The number of nitrogens with zero attached hydrogens (tertiary/aromatic N) is 1. The second-order valence-corrected chi connectivity index (χ2v) is 5.31. The Bertz CT molecular complexity index is 671. The van der Waals surface area contributed by atoms with Gasteiger partial charge in [0, 0.05) is 19.7 Å². The van der Waals surface area contributed by atoms with E-state index in [0.717, 1.165) is 11.1 Å². The predicted octanol–water partition coefficient (Wildman–Crippen LogP) is 2.74. The first-order chi connectivity index (χ1) is 11.1. The molecular weight excluding hydrogens is 306 g/mol.